The number of aromatic hydroxyl groups is 2. The minimum Gasteiger partial charge on any atom is -0.504 e. The molecule has 0 fully saturated rings. The molecular formula is C16H12N2O3. The van der Waals surface area contributed by atoms with E-state index in [1.807, 2.05) is 24.3 Å². The Balaban J connectivity index is 1.90. The van der Waals surface area contributed by atoms with E-state index in [1.54, 1.807) is 11.1 Å². The van der Waals surface area contributed by atoms with Gasteiger partial charge in [0.25, 0.3) is 5.91 Å². The van der Waals surface area contributed by atoms with Crippen LogP contribution in [0, 0.1) is 0 Å². The number of fused-ring (bicyclic) bond motifs is 4. The van der Waals surface area contributed by atoms with E-state index in [9.17, 15) is 15.0 Å². The van der Waals surface area contributed by atoms with Crippen molar-refractivity contribution in [1.82, 2.24) is 0 Å². The number of benzene rings is 2. The topological polar surface area (TPSA) is 73.1 Å². The molecule has 2 heterocycles. The summed E-state index contributed by atoms with van der Waals surface area (Å²) in [6, 6.07) is 10.2. The molecule has 104 valence electrons. The van der Waals surface area contributed by atoms with Gasteiger partial charge in [0.15, 0.2) is 11.5 Å². The van der Waals surface area contributed by atoms with Gasteiger partial charge in [-0.1, -0.05) is 18.2 Å². The number of rotatable bonds is 0. The number of aliphatic imine (C=N–C) groups is 1. The molecule has 1 atom stereocenters. The monoisotopic (exact) mass is 280 g/mol. The van der Waals surface area contributed by atoms with E-state index in [-0.39, 0.29) is 23.4 Å². The van der Waals surface area contributed by atoms with Crippen LogP contribution in [0.25, 0.3) is 0 Å². The molecular weight excluding hydrogens is 268 g/mol. The third-order valence-corrected chi connectivity index (χ3v) is 3.94. The lowest BCUT2D eigenvalue weighted by atomic mass is 10.1. The number of hydrogen-bond acceptors (Lipinski definition) is 4. The maximum absolute atomic E-state index is 12.8. The average Bonchev–Trinajstić information content (AvgIpc) is 2.80. The fourth-order valence-electron chi connectivity index (χ4n) is 2.93. The van der Waals surface area contributed by atoms with E-state index in [0.29, 0.717) is 11.3 Å². The second-order valence-corrected chi connectivity index (χ2v) is 5.21. The van der Waals surface area contributed by atoms with Gasteiger partial charge in [-0.3, -0.25) is 14.7 Å². The Labute approximate surface area is 120 Å². The summed E-state index contributed by atoms with van der Waals surface area (Å²) in [7, 11) is 0. The van der Waals surface area contributed by atoms with Crippen molar-refractivity contribution in [3.05, 3.63) is 47.5 Å². The number of carbonyl (C=O) groups is 1. The van der Waals surface area contributed by atoms with Gasteiger partial charge in [-0.25, -0.2) is 0 Å². The maximum atomic E-state index is 12.8. The minimum absolute atomic E-state index is 0.133. The van der Waals surface area contributed by atoms with Gasteiger partial charge in [0, 0.05) is 24.4 Å². The third-order valence-electron chi connectivity index (χ3n) is 3.94. The molecule has 5 heteroatoms. The zero-order valence-corrected chi connectivity index (χ0v) is 11.0. The quantitative estimate of drug-likeness (QED) is 0.728. The van der Waals surface area contributed by atoms with E-state index in [2.05, 4.69) is 4.99 Å². The van der Waals surface area contributed by atoms with E-state index >= 15 is 0 Å². The zero-order chi connectivity index (χ0) is 14.6. The van der Waals surface area contributed by atoms with Crippen molar-refractivity contribution in [2.24, 2.45) is 4.99 Å². The van der Waals surface area contributed by atoms with Gasteiger partial charge in [0.1, 0.15) is 0 Å². The lowest BCUT2D eigenvalue weighted by Crippen LogP contribution is -2.37. The standard InChI is InChI=1S/C16H12N2O3/c19-14-6-11-12(7-15(14)20)17-8-10-5-9-3-1-2-4-13(9)18(10)16(11)21/h1-4,6-8,10,19-20H,5H2. The highest BCUT2D eigenvalue weighted by Crippen LogP contribution is 2.39. The Hall–Kier alpha value is -2.82. The second-order valence-electron chi connectivity index (χ2n) is 5.21. The predicted molar refractivity (Wildman–Crippen MR) is 78.7 cm³/mol. The van der Waals surface area contributed by atoms with Crippen LogP contribution in [0.5, 0.6) is 11.5 Å². The molecule has 1 amide bonds. The molecule has 0 saturated carbocycles. The van der Waals surface area contributed by atoms with Crippen LogP contribution in [-0.2, 0) is 6.42 Å². The van der Waals surface area contributed by atoms with Crippen LogP contribution >= 0.6 is 0 Å². The molecule has 1 unspecified atom stereocenters. The van der Waals surface area contributed by atoms with Crippen molar-refractivity contribution in [3.8, 4) is 11.5 Å². The Morgan fingerprint density at radius 3 is 2.76 bits per heavy atom. The van der Waals surface area contributed by atoms with Crippen molar-refractivity contribution in [2.75, 3.05) is 4.90 Å². The van der Waals surface area contributed by atoms with Gasteiger partial charge in [-0.2, -0.15) is 0 Å². The molecule has 0 aliphatic carbocycles. The van der Waals surface area contributed by atoms with Gasteiger partial charge < -0.3 is 10.2 Å². The molecule has 0 radical (unpaired) electrons. The summed E-state index contributed by atoms with van der Waals surface area (Å²) >= 11 is 0. The van der Waals surface area contributed by atoms with Crippen molar-refractivity contribution in [2.45, 2.75) is 12.5 Å². The Kier molecular flexibility index (Phi) is 2.33. The molecule has 0 saturated heterocycles. The first-order valence-corrected chi connectivity index (χ1v) is 6.67. The first-order chi connectivity index (χ1) is 10.1. The molecule has 2 N–H and O–H groups in total. The largest absolute Gasteiger partial charge is 0.504 e. The van der Waals surface area contributed by atoms with Gasteiger partial charge in [-0.05, 0) is 17.7 Å². The summed E-state index contributed by atoms with van der Waals surface area (Å²) in [6.07, 6.45) is 2.44. The van der Waals surface area contributed by atoms with Crippen molar-refractivity contribution in [1.29, 1.82) is 0 Å². The van der Waals surface area contributed by atoms with E-state index in [1.165, 1.54) is 12.1 Å². The van der Waals surface area contributed by atoms with Crippen LogP contribution in [0.4, 0.5) is 11.4 Å². The van der Waals surface area contributed by atoms with Crippen LogP contribution in [0.3, 0.4) is 0 Å². The fraction of sp³-hybridized carbons (Fsp3) is 0.125. The highest BCUT2D eigenvalue weighted by atomic mass is 16.3. The van der Waals surface area contributed by atoms with Gasteiger partial charge in [0.2, 0.25) is 0 Å². The number of anilines is 1. The molecule has 21 heavy (non-hydrogen) atoms. The number of nitrogens with zero attached hydrogens (tertiary/aromatic N) is 2. The Morgan fingerprint density at radius 2 is 1.90 bits per heavy atom. The summed E-state index contributed by atoms with van der Waals surface area (Å²) in [5.41, 5.74) is 2.65. The Morgan fingerprint density at radius 1 is 1.14 bits per heavy atom. The molecule has 2 aromatic rings. The molecule has 2 aliphatic rings. The third kappa shape index (κ3) is 1.64. The lowest BCUT2D eigenvalue weighted by Gasteiger charge is -2.21. The Bertz CT molecular complexity index is 798. The predicted octanol–water partition coefficient (Wildman–Crippen LogP) is 2.39. The average molecular weight is 280 g/mol. The van der Waals surface area contributed by atoms with Crippen molar-refractivity contribution >= 4 is 23.5 Å². The van der Waals surface area contributed by atoms with Crippen molar-refractivity contribution in [3.63, 3.8) is 0 Å². The zero-order valence-electron chi connectivity index (χ0n) is 11.0. The van der Waals surface area contributed by atoms with Crippen LogP contribution in [-0.4, -0.2) is 28.4 Å². The number of phenols is 2. The summed E-state index contributed by atoms with van der Waals surface area (Å²) in [5, 5.41) is 19.2. The number of carbonyl (C=O) groups excluding carboxylic acids is 1. The molecule has 2 aromatic carbocycles. The van der Waals surface area contributed by atoms with Crippen molar-refractivity contribution < 1.29 is 15.0 Å². The minimum atomic E-state index is -0.316. The number of para-hydroxylation sites is 1. The van der Waals surface area contributed by atoms with Gasteiger partial charge in [0.05, 0.1) is 17.3 Å². The molecule has 4 rings (SSSR count). The number of hydrogen-bond donors (Lipinski definition) is 2. The van der Waals surface area contributed by atoms with E-state index in [0.717, 1.165) is 17.7 Å². The van der Waals surface area contributed by atoms with Crippen LogP contribution < -0.4 is 4.90 Å². The molecule has 0 spiro atoms. The molecule has 5 nitrogen and oxygen atoms in total. The van der Waals surface area contributed by atoms with E-state index in [4.69, 9.17) is 0 Å². The summed E-state index contributed by atoms with van der Waals surface area (Å²) < 4.78 is 0. The van der Waals surface area contributed by atoms with Crippen LogP contribution in [0.1, 0.15) is 15.9 Å². The molecule has 0 aromatic heterocycles. The SMILES string of the molecule is O=C1c2cc(O)c(O)cc2N=CC2Cc3ccccc3N12. The highest BCUT2D eigenvalue weighted by Gasteiger charge is 2.36. The number of amides is 1. The number of phenolic OH excluding ortho intramolecular Hbond substituents is 2. The second kappa shape index (κ2) is 4.09. The van der Waals surface area contributed by atoms with Gasteiger partial charge >= 0.3 is 0 Å². The maximum Gasteiger partial charge on any atom is 0.261 e. The van der Waals surface area contributed by atoms with Gasteiger partial charge in [-0.15, -0.1) is 0 Å². The normalized spacial score (nSPS) is 19.0. The first kappa shape index (κ1) is 12.0. The first-order valence-electron chi connectivity index (χ1n) is 6.67. The summed E-state index contributed by atoms with van der Waals surface area (Å²) in [5.74, 6) is -0.808. The highest BCUT2D eigenvalue weighted by molar-refractivity contribution is 6.14. The summed E-state index contributed by atoms with van der Waals surface area (Å²) in [6.45, 7) is 0. The molecule has 0 bridgehead atoms. The van der Waals surface area contributed by atoms with Crippen LogP contribution in [0.15, 0.2) is 41.4 Å². The lowest BCUT2D eigenvalue weighted by molar-refractivity contribution is 0.0986. The summed E-state index contributed by atoms with van der Waals surface area (Å²) in [4.78, 5) is 18.8. The fourth-order valence-corrected chi connectivity index (χ4v) is 2.93. The molecule has 2 aliphatic heterocycles. The van der Waals surface area contributed by atoms with Crippen LogP contribution in [0.2, 0.25) is 0 Å². The smallest absolute Gasteiger partial charge is 0.261 e. The van der Waals surface area contributed by atoms with E-state index < -0.39 is 0 Å².